The number of likely N-dealkylation sites (tertiary alicyclic amines) is 1. The summed E-state index contributed by atoms with van der Waals surface area (Å²) in [7, 11) is 0. The van der Waals surface area contributed by atoms with E-state index in [1.807, 2.05) is 29.1 Å². The predicted octanol–water partition coefficient (Wildman–Crippen LogP) is 2.50. The summed E-state index contributed by atoms with van der Waals surface area (Å²) >= 11 is 0. The molecule has 1 saturated heterocycles. The second kappa shape index (κ2) is 7.78. The molecule has 0 saturated carbocycles. The average Bonchev–Trinajstić information content (AvgIpc) is 3.09. The van der Waals surface area contributed by atoms with Crippen LogP contribution in [0.4, 0.5) is 0 Å². The molecule has 0 spiro atoms. The number of aromatic nitrogens is 3. The van der Waals surface area contributed by atoms with E-state index in [0.717, 1.165) is 31.7 Å². The first-order chi connectivity index (χ1) is 12.0. The number of pyridine rings is 1. The molecule has 6 nitrogen and oxygen atoms in total. The van der Waals surface area contributed by atoms with Crippen LogP contribution in [0.25, 0.3) is 0 Å². The topological polar surface area (TPSA) is 63.1 Å². The van der Waals surface area contributed by atoms with Gasteiger partial charge in [0, 0.05) is 44.1 Å². The van der Waals surface area contributed by atoms with Gasteiger partial charge in [-0.05, 0) is 38.3 Å². The van der Waals surface area contributed by atoms with Crippen LogP contribution in [0.5, 0.6) is 0 Å². The monoisotopic (exact) mass is 341 g/mol. The van der Waals surface area contributed by atoms with E-state index < -0.39 is 0 Å². The summed E-state index contributed by atoms with van der Waals surface area (Å²) in [6, 6.07) is 6.52. The third kappa shape index (κ3) is 4.45. The van der Waals surface area contributed by atoms with Gasteiger partial charge in [0.15, 0.2) is 0 Å². The van der Waals surface area contributed by atoms with Gasteiger partial charge in [-0.3, -0.25) is 14.7 Å². The van der Waals surface area contributed by atoms with E-state index in [0.29, 0.717) is 17.7 Å². The zero-order valence-electron chi connectivity index (χ0n) is 15.2. The SMILES string of the molecule is CC(C)n1cnc(C(=O)N[C@@H]2CCN(Cc3ccccn3)C[C@@H]2C)c1. The highest BCUT2D eigenvalue weighted by molar-refractivity contribution is 5.92. The van der Waals surface area contributed by atoms with Crippen LogP contribution in [0, 0.1) is 5.92 Å². The molecule has 6 heteroatoms. The first-order valence-electron chi connectivity index (χ1n) is 8.99. The molecule has 0 aliphatic carbocycles. The molecule has 2 atom stereocenters. The minimum absolute atomic E-state index is 0.0746. The van der Waals surface area contributed by atoms with Gasteiger partial charge in [-0.2, -0.15) is 0 Å². The Hall–Kier alpha value is -2.21. The van der Waals surface area contributed by atoms with Crippen molar-refractivity contribution in [3.05, 3.63) is 48.3 Å². The number of amides is 1. The van der Waals surface area contributed by atoms with Crippen molar-refractivity contribution in [3.63, 3.8) is 0 Å². The molecule has 3 rings (SSSR count). The van der Waals surface area contributed by atoms with Gasteiger partial charge in [-0.15, -0.1) is 0 Å². The number of carbonyl (C=O) groups excluding carboxylic acids is 1. The molecule has 134 valence electrons. The molecule has 0 aromatic carbocycles. The molecule has 0 radical (unpaired) electrons. The van der Waals surface area contributed by atoms with Crippen molar-refractivity contribution in [2.75, 3.05) is 13.1 Å². The number of imidazole rings is 1. The molecular weight excluding hydrogens is 314 g/mol. The highest BCUT2D eigenvalue weighted by Gasteiger charge is 2.28. The summed E-state index contributed by atoms with van der Waals surface area (Å²) in [4.78, 5) is 23.5. The second-order valence-corrected chi connectivity index (χ2v) is 7.20. The normalized spacial score (nSPS) is 21.4. The van der Waals surface area contributed by atoms with Crippen LogP contribution in [0.15, 0.2) is 36.9 Å². The predicted molar refractivity (Wildman–Crippen MR) is 97.2 cm³/mol. The summed E-state index contributed by atoms with van der Waals surface area (Å²) in [5.74, 6) is 0.322. The van der Waals surface area contributed by atoms with Gasteiger partial charge >= 0.3 is 0 Å². The van der Waals surface area contributed by atoms with Crippen LogP contribution in [-0.2, 0) is 6.54 Å². The fraction of sp³-hybridized carbons (Fsp3) is 0.526. The summed E-state index contributed by atoms with van der Waals surface area (Å²) in [6.45, 7) is 9.13. The van der Waals surface area contributed by atoms with Gasteiger partial charge in [-0.25, -0.2) is 4.98 Å². The molecule has 2 aromatic heterocycles. The summed E-state index contributed by atoms with van der Waals surface area (Å²) in [5.41, 5.74) is 1.59. The Morgan fingerprint density at radius 1 is 1.36 bits per heavy atom. The highest BCUT2D eigenvalue weighted by Crippen LogP contribution is 2.19. The Kier molecular flexibility index (Phi) is 5.48. The number of piperidine rings is 1. The van der Waals surface area contributed by atoms with Gasteiger partial charge in [0.05, 0.1) is 12.0 Å². The van der Waals surface area contributed by atoms with Crippen LogP contribution in [-0.4, -0.2) is 44.5 Å². The van der Waals surface area contributed by atoms with Crippen molar-refractivity contribution in [1.82, 2.24) is 24.8 Å². The lowest BCUT2D eigenvalue weighted by Crippen LogP contribution is -2.49. The number of nitrogens with one attached hydrogen (secondary N) is 1. The van der Waals surface area contributed by atoms with E-state index in [1.165, 1.54) is 0 Å². The molecule has 0 bridgehead atoms. The Morgan fingerprint density at radius 2 is 2.20 bits per heavy atom. The maximum atomic E-state index is 12.5. The smallest absolute Gasteiger partial charge is 0.271 e. The lowest BCUT2D eigenvalue weighted by molar-refractivity contribution is 0.0855. The van der Waals surface area contributed by atoms with E-state index in [-0.39, 0.29) is 11.9 Å². The first-order valence-corrected chi connectivity index (χ1v) is 8.99. The Morgan fingerprint density at radius 3 is 2.84 bits per heavy atom. The second-order valence-electron chi connectivity index (χ2n) is 7.20. The number of hydrogen-bond acceptors (Lipinski definition) is 4. The third-order valence-corrected chi connectivity index (χ3v) is 4.85. The van der Waals surface area contributed by atoms with E-state index in [1.54, 1.807) is 6.33 Å². The van der Waals surface area contributed by atoms with Crippen LogP contribution < -0.4 is 5.32 Å². The maximum Gasteiger partial charge on any atom is 0.271 e. The van der Waals surface area contributed by atoms with Crippen molar-refractivity contribution in [2.24, 2.45) is 5.92 Å². The third-order valence-electron chi connectivity index (χ3n) is 4.85. The number of carbonyl (C=O) groups is 1. The van der Waals surface area contributed by atoms with Crippen LogP contribution in [0.2, 0.25) is 0 Å². The zero-order chi connectivity index (χ0) is 17.8. The lowest BCUT2D eigenvalue weighted by atomic mass is 9.93. The van der Waals surface area contributed by atoms with Crippen LogP contribution >= 0.6 is 0 Å². The average molecular weight is 341 g/mol. The summed E-state index contributed by atoms with van der Waals surface area (Å²) in [5, 5.41) is 3.16. The molecule has 0 unspecified atom stereocenters. The summed E-state index contributed by atoms with van der Waals surface area (Å²) < 4.78 is 1.95. The molecule has 1 aliphatic rings. The van der Waals surface area contributed by atoms with Crippen molar-refractivity contribution in [3.8, 4) is 0 Å². The number of rotatable bonds is 5. The standard InChI is InChI=1S/C19H27N5O/c1-14(2)24-12-18(21-13-24)19(25)22-17-7-9-23(10-15(17)3)11-16-6-4-5-8-20-16/h4-6,8,12-15,17H,7,9-11H2,1-3H3,(H,22,25)/t15-,17+/m0/s1. The highest BCUT2D eigenvalue weighted by atomic mass is 16.2. The molecule has 1 N–H and O–H groups in total. The van der Waals surface area contributed by atoms with Gasteiger partial charge in [-0.1, -0.05) is 13.0 Å². The molecule has 1 amide bonds. The van der Waals surface area contributed by atoms with Gasteiger partial charge in [0.2, 0.25) is 0 Å². The van der Waals surface area contributed by atoms with Crippen molar-refractivity contribution >= 4 is 5.91 Å². The molecule has 2 aromatic rings. The van der Waals surface area contributed by atoms with E-state index >= 15 is 0 Å². The lowest BCUT2D eigenvalue weighted by Gasteiger charge is -2.37. The summed E-state index contributed by atoms with van der Waals surface area (Å²) in [6.07, 6.45) is 6.33. The zero-order valence-corrected chi connectivity index (χ0v) is 15.2. The largest absolute Gasteiger partial charge is 0.348 e. The fourth-order valence-electron chi connectivity index (χ4n) is 3.29. The van der Waals surface area contributed by atoms with Gasteiger partial charge < -0.3 is 9.88 Å². The van der Waals surface area contributed by atoms with E-state index in [4.69, 9.17) is 0 Å². The molecular formula is C19H27N5O. The quantitative estimate of drug-likeness (QED) is 0.908. The molecule has 1 aliphatic heterocycles. The minimum atomic E-state index is -0.0746. The van der Waals surface area contributed by atoms with E-state index in [2.05, 4.69) is 47.0 Å². The Labute approximate surface area is 149 Å². The van der Waals surface area contributed by atoms with Crippen molar-refractivity contribution in [2.45, 2.75) is 45.8 Å². The molecule has 1 fully saturated rings. The Bertz CT molecular complexity index is 697. The maximum absolute atomic E-state index is 12.5. The number of nitrogens with zero attached hydrogens (tertiary/aromatic N) is 4. The number of hydrogen-bond donors (Lipinski definition) is 1. The first kappa shape index (κ1) is 17.6. The van der Waals surface area contributed by atoms with Crippen LogP contribution in [0.3, 0.4) is 0 Å². The van der Waals surface area contributed by atoms with Crippen LogP contribution in [0.1, 0.15) is 49.4 Å². The minimum Gasteiger partial charge on any atom is -0.348 e. The Balaban J connectivity index is 1.53. The molecule has 25 heavy (non-hydrogen) atoms. The molecule has 3 heterocycles. The van der Waals surface area contributed by atoms with Gasteiger partial charge in [0.25, 0.3) is 5.91 Å². The van der Waals surface area contributed by atoms with Gasteiger partial charge in [0.1, 0.15) is 5.69 Å². The van der Waals surface area contributed by atoms with E-state index in [9.17, 15) is 4.79 Å². The fourth-order valence-corrected chi connectivity index (χ4v) is 3.29. The van der Waals surface area contributed by atoms with Crippen molar-refractivity contribution < 1.29 is 4.79 Å². The van der Waals surface area contributed by atoms with Crippen molar-refractivity contribution in [1.29, 1.82) is 0 Å².